The Morgan fingerprint density at radius 3 is 2.08 bits per heavy atom. The number of alkyl halides is 3. The van der Waals surface area contributed by atoms with Crippen molar-refractivity contribution in [3.05, 3.63) is 35.4 Å². The van der Waals surface area contributed by atoms with Gasteiger partial charge in [0.25, 0.3) is 0 Å². The molecule has 1 rings (SSSR count). The largest absolute Gasteiger partial charge is 0.416 e. The molecule has 0 heterocycles. The third-order valence-electron chi connectivity index (χ3n) is 3.43. The lowest BCUT2D eigenvalue weighted by atomic mass is 9.96. The summed E-state index contributed by atoms with van der Waals surface area (Å²) in [5.41, 5.74) is -0.442. The molecule has 26 heavy (non-hydrogen) atoms. The van der Waals surface area contributed by atoms with E-state index in [0.717, 1.165) is 12.1 Å². The van der Waals surface area contributed by atoms with Crippen LogP contribution in [0, 0.1) is 5.41 Å². The molecular formula is C18H27F3N4O. The molecule has 146 valence electrons. The predicted molar refractivity (Wildman–Crippen MR) is 96.7 cm³/mol. The topological polar surface area (TPSA) is 65.5 Å². The number of hydrogen-bond donors (Lipinski definition) is 3. The lowest BCUT2D eigenvalue weighted by Gasteiger charge is -2.18. The highest BCUT2D eigenvalue weighted by Crippen LogP contribution is 2.29. The molecule has 0 aliphatic heterocycles. The zero-order valence-corrected chi connectivity index (χ0v) is 15.6. The highest BCUT2D eigenvalue weighted by molar-refractivity contribution is 5.81. The molecule has 0 radical (unpaired) electrons. The second kappa shape index (κ2) is 9.45. The predicted octanol–water partition coefficient (Wildman–Crippen LogP) is 2.92. The van der Waals surface area contributed by atoms with Gasteiger partial charge < -0.3 is 16.0 Å². The van der Waals surface area contributed by atoms with Crippen LogP contribution >= 0.6 is 0 Å². The van der Waals surface area contributed by atoms with Crippen LogP contribution in [0.1, 0.15) is 38.8 Å². The summed E-state index contributed by atoms with van der Waals surface area (Å²) in [5.74, 6) is 0.503. The van der Waals surface area contributed by atoms with E-state index in [2.05, 4.69) is 20.9 Å². The first-order valence-corrected chi connectivity index (χ1v) is 8.50. The Morgan fingerprint density at radius 2 is 1.58 bits per heavy atom. The number of carbonyl (C=O) groups excluding carboxylic acids is 1. The van der Waals surface area contributed by atoms with E-state index in [9.17, 15) is 18.0 Å². The number of halogens is 3. The average molecular weight is 372 g/mol. The number of amides is 1. The molecule has 1 aromatic rings. The summed E-state index contributed by atoms with van der Waals surface area (Å²) in [6.07, 6.45) is -4.34. The minimum atomic E-state index is -4.34. The van der Waals surface area contributed by atoms with Crippen molar-refractivity contribution in [3.8, 4) is 0 Å². The Morgan fingerprint density at radius 1 is 1.00 bits per heavy atom. The van der Waals surface area contributed by atoms with Crippen molar-refractivity contribution in [2.45, 2.75) is 40.4 Å². The van der Waals surface area contributed by atoms with E-state index in [-0.39, 0.29) is 12.5 Å². The molecule has 5 nitrogen and oxygen atoms in total. The van der Waals surface area contributed by atoms with E-state index >= 15 is 0 Å². The first kappa shape index (κ1) is 21.8. The van der Waals surface area contributed by atoms with Gasteiger partial charge in [-0.3, -0.25) is 4.79 Å². The van der Waals surface area contributed by atoms with Crippen LogP contribution in [-0.4, -0.2) is 31.5 Å². The molecule has 1 amide bonds. The summed E-state index contributed by atoms with van der Waals surface area (Å²) < 4.78 is 37.7. The average Bonchev–Trinajstić information content (AvgIpc) is 2.54. The number of benzene rings is 1. The van der Waals surface area contributed by atoms with E-state index in [0.29, 0.717) is 31.2 Å². The van der Waals surface area contributed by atoms with Crippen LogP contribution in [0.3, 0.4) is 0 Å². The Bertz CT molecular complexity index is 604. The fourth-order valence-corrected chi connectivity index (χ4v) is 1.93. The fraction of sp³-hybridized carbons (Fsp3) is 0.556. The Hall–Kier alpha value is -2.25. The molecule has 8 heteroatoms. The van der Waals surface area contributed by atoms with Crippen molar-refractivity contribution < 1.29 is 18.0 Å². The van der Waals surface area contributed by atoms with Gasteiger partial charge >= 0.3 is 6.18 Å². The summed E-state index contributed by atoms with van der Waals surface area (Å²) in [6.45, 7) is 9.26. The lowest BCUT2D eigenvalue weighted by Crippen LogP contribution is -2.43. The minimum absolute atomic E-state index is 0.0361. The SMILES string of the molecule is CCNC(=NCc1ccc(C(F)(F)F)cc1)NCCNC(=O)C(C)(C)C. The van der Waals surface area contributed by atoms with Crippen LogP contribution in [0.5, 0.6) is 0 Å². The summed E-state index contributed by atoms with van der Waals surface area (Å²) in [7, 11) is 0. The fourth-order valence-electron chi connectivity index (χ4n) is 1.93. The molecule has 0 saturated carbocycles. The number of guanidine groups is 1. The number of carbonyl (C=O) groups is 1. The maximum absolute atomic E-state index is 12.6. The molecule has 0 aliphatic rings. The van der Waals surface area contributed by atoms with Crippen LogP contribution in [0.2, 0.25) is 0 Å². The van der Waals surface area contributed by atoms with Crippen LogP contribution in [0.15, 0.2) is 29.3 Å². The molecule has 0 aliphatic carbocycles. The Labute approximate surface area is 152 Å². The van der Waals surface area contributed by atoms with E-state index in [4.69, 9.17) is 0 Å². The number of hydrogen-bond acceptors (Lipinski definition) is 2. The monoisotopic (exact) mass is 372 g/mol. The second-order valence-electron chi connectivity index (χ2n) is 6.82. The second-order valence-corrected chi connectivity index (χ2v) is 6.82. The van der Waals surface area contributed by atoms with E-state index in [1.807, 2.05) is 27.7 Å². The van der Waals surface area contributed by atoms with Crippen molar-refractivity contribution in [2.75, 3.05) is 19.6 Å². The quantitative estimate of drug-likeness (QED) is 0.409. The van der Waals surface area contributed by atoms with Gasteiger partial charge in [-0.1, -0.05) is 32.9 Å². The van der Waals surface area contributed by atoms with Gasteiger partial charge in [0, 0.05) is 25.0 Å². The lowest BCUT2D eigenvalue weighted by molar-refractivity contribution is -0.137. The number of nitrogens with one attached hydrogen (secondary N) is 3. The van der Waals surface area contributed by atoms with Gasteiger partial charge in [0.1, 0.15) is 0 Å². The van der Waals surface area contributed by atoms with Crippen LogP contribution in [-0.2, 0) is 17.5 Å². The van der Waals surface area contributed by atoms with Gasteiger partial charge in [-0.15, -0.1) is 0 Å². The highest BCUT2D eigenvalue weighted by Gasteiger charge is 2.29. The van der Waals surface area contributed by atoms with E-state index in [1.54, 1.807) is 0 Å². The molecule has 0 atom stereocenters. The molecule has 1 aromatic carbocycles. The van der Waals surface area contributed by atoms with Gasteiger partial charge in [-0.2, -0.15) is 13.2 Å². The van der Waals surface area contributed by atoms with E-state index < -0.39 is 17.2 Å². The molecule has 0 unspecified atom stereocenters. The summed E-state index contributed by atoms with van der Waals surface area (Å²) in [6, 6.07) is 4.93. The van der Waals surface area contributed by atoms with Crippen molar-refractivity contribution in [2.24, 2.45) is 10.4 Å². The third kappa shape index (κ3) is 7.76. The summed E-state index contributed by atoms with van der Waals surface area (Å²) in [5, 5.41) is 8.95. The zero-order valence-electron chi connectivity index (χ0n) is 15.6. The van der Waals surface area contributed by atoms with Crippen molar-refractivity contribution >= 4 is 11.9 Å². The third-order valence-corrected chi connectivity index (χ3v) is 3.43. The first-order chi connectivity index (χ1) is 12.0. The smallest absolute Gasteiger partial charge is 0.357 e. The number of rotatable bonds is 6. The van der Waals surface area contributed by atoms with Gasteiger partial charge in [0.2, 0.25) is 5.91 Å². The molecular weight excluding hydrogens is 345 g/mol. The summed E-state index contributed by atoms with van der Waals surface area (Å²) in [4.78, 5) is 16.1. The maximum Gasteiger partial charge on any atom is 0.416 e. The van der Waals surface area contributed by atoms with Crippen molar-refractivity contribution in [1.82, 2.24) is 16.0 Å². The van der Waals surface area contributed by atoms with Gasteiger partial charge in [-0.05, 0) is 24.6 Å². The standard InChI is InChI=1S/C18H27F3N4O/c1-5-22-16(24-11-10-23-15(26)17(2,3)4)25-12-13-6-8-14(9-7-13)18(19,20)21/h6-9H,5,10-12H2,1-4H3,(H,23,26)(H2,22,24,25). The van der Waals surface area contributed by atoms with Crippen molar-refractivity contribution in [1.29, 1.82) is 0 Å². The van der Waals surface area contributed by atoms with E-state index in [1.165, 1.54) is 12.1 Å². The molecule has 0 saturated heterocycles. The maximum atomic E-state index is 12.6. The number of nitrogens with zero attached hydrogens (tertiary/aromatic N) is 1. The van der Waals surface area contributed by atoms with Gasteiger partial charge in [0.15, 0.2) is 5.96 Å². The van der Waals surface area contributed by atoms with Gasteiger partial charge in [-0.25, -0.2) is 4.99 Å². The van der Waals surface area contributed by atoms with Crippen LogP contribution in [0.4, 0.5) is 13.2 Å². The zero-order chi connectivity index (χ0) is 19.8. The minimum Gasteiger partial charge on any atom is -0.357 e. The van der Waals surface area contributed by atoms with Crippen molar-refractivity contribution in [3.63, 3.8) is 0 Å². The highest BCUT2D eigenvalue weighted by atomic mass is 19.4. The summed E-state index contributed by atoms with van der Waals surface area (Å²) >= 11 is 0. The van der Waals surface area contributed by atoms with Crippen LogP contribution < -0.4 is 16.0 Å². The van der Waals surface area contributed by atoms with Crippen LogP contribution in [0.25, 0.3) is 0 Å². The first-order valence-electron chi connectivity index (χ1n) is 8.50. The molecule has 0 bridgehead atoms. The normalized spacial score (nSPS) is 12.7. The molecule has 0 aromatic heterocycles. The molecule has 3 N–H and O–H groups in total. The Kier molecular flexibility index (Phi) is 7.92. The van der Waals surface area contributed by atoms with Gasteiger partial charge in [0.05, 0.1) is 12.1 Å². The number of aliphatic imine (C=N–C) groups is 1. The Balaban J connectivity index is 2.54. The molecule has 0 spiro atoms. The molecule has 0 fully saturated rings.